The molecule has 94 valence electrons. The van der Waals surface area contributed by atoms with Crippen LogP contribution in [0.15, 0.2) is 72.9 Å². The number of rotatable bonds is 0. The lowest BCUT2D eigenvalue weighted by Gasteiger charge is -1.92. The highest BCUT2D eigenvalue weighted by Gasteiger charge is 1.87. The Hall–Kier alpha value is -2.22. The van der Waals surface area contributed by atoms with E-state index in [0.29, 0.717) is 5.69 Å². The molecule has 18 heavy (non-hydrogen) atoms. The van der Waals surface area contributed by atoms with Crippen LogP contribution in [0.1, 0.15) is 12.8 Å². The Morgan fingerprint density at radius 1 is 0.778 bits per heavy atom. The molecule has 0 radical (unpaired) electrons. The van der Waals surface area contributed by atoms with Crippen LogP contribution in [0, 0.1) is 0 Å². The first kappa shape index (κ1) is 13.8. The van der Waals surface area contributed by atoms with Crippen LogP contribution in [-0.4, -0.2) is 5.11 Å². The molecule has 0 fully saturated rings. The molecule has 3 N–H and O–H groups in total. The van der Waals surface area contributed by atoms with Gasteiger partial charge in [-0.25, -0.2) is 0 Å². The average Bonchev–Trinajstić information content (AvgIpc) is 3.11. The predicted molar refractivity (Wildman–Crippen MR) is 78.3 cm³/mol. The molecule has 0 bridgehead atoms. The number of para-hydroxylation sites is 2. The van der Waals surface area contributed by atoms with E-state index >= 15 is 0 Å². The molecule has 0 aromatic heterocycles. The van der Waals surface area contributed by atoms with Gasteiger partial charge in [0.1, 0.15) is 5.75 Å². The predicted octanol–water partition coefficient (Wildman–Crippen LogP) is 3.98. The van der Waals surface area contributed by atoms with Gasteiger partial charge in [-0.1, -0.05) is 60.7 Å². The normalized spacial score (nSPS) is 13.8. The maximum Gasteiger partial charge on any atom is 0.138 e. The Bertz CT molecular complexity index is 393. The zero-order valence-corrected chi connectivity index (χ0v) is 10.4. The molecule has 0 heterocycles. The fourth-order valence-corrected chi connectivity index (χ4v) is 1.27. The number of phenols is 1. The van der Waals surface area contributed by atoms with Gasteiger partial charge in [-0.2, -0.15) is 0 Å². The molecule has 1 aromatic rings. The molecule has 0 unspecified atom stereocenters. The topological polar surface area (TPSA) is 46.2 Å². The summed E-state index contributed by atoms with van der Waals surface area (Å²) < 4.78 is 0. The van der Waals surface area contributed by atoms with Crippen LogP contribution < -0.4 is 5.73 Å². The van der Waals surface area contributed by atoms with E-state index in [-0.39, 0.29) is 5.75 Å². The first-order valence-corrected chi connectivity index (χ1v) is 5.97. The Kier molecular flexibility index (Phi) is 6.83. The van der Waals surface area contributed by atoms with E-state index < -0.39 is 0 Å². The summed E-state index contributed by atoms with van der Waals surface area (Å²) in [6.45, 7) is 0. The Balaban J connectivity index is 0.000000141. The van der Waals surface area contributed by atoms with E-state index in [1.807, 2.05) is 0 Å². The van der Waals surface area contributed by atoms with Gasteiger partial charge in [-0.3, -0.25) is 0 Å². The Labute approximate surface area is 108 Å². The first-order valence-electron chi connectivity index (χ1n) is 5.97. The van der Waals surface area contributed by atoms with Crippen molar-refractivity contribution in [1.29, 1.82) is 0 Å². The van der Waals surface area contributed by atoms with Crippen molar-refractivity contribution in [3.8, 4) is 5.75 Å². The van der Waals surface area contributed by atoms with Gasteiger partial charge in [0.05, 0.1) is 5.69 Å². The van der Waals surface area contributed by atoms with Gasteiger partial charge >= 0.3 is 0 Å². The molecule has 2 aliphatic rings. The van der Waals surface area contributed by atoms with Crippen molar-refractivity contribution in [3.05, 3.63) is 72.9 Å². The third-order valence-electron chi connectivity index (χ3n) is 2.25. The van der Waals surface area contributed by atoms with E-state index in [4.69, 9.17) is 10.8 Å². The number of anilines is 1. The van der Waals surface area contributed by atoms with Crippen molar-refractivity contribution in [2.45, 2.75) is 12.8 Å². The molecular formula is C16H19NO. The summed E-state index contributed by atoms with van der Waals surface area (Å²) in [6.07, 6.45) is 19.0. The van der Waals surface area contributed by atoms with Crippen LogP contribution in [0.4, 0.5) is 5.69 Å². The fourth-order valence-electron chi connectivity index (χ4n) is 1.27. The lowest BCUT2D eigenvalue weighted by Crippen LogP contribution is -1.82. The van der Waals surface area contributed by atoms with Crippen LogP contribution in [-0.2, 0) is 0 Å². The maximum atomic E-state index is 8.79. The monoisotopic (exact) mass is 241 g/mol. The van der Waals surface area contributed by atoms with Crippen molar-refractivity contribution >= 4 is 5.69 Å². The molecule has 0 spiro atoms. The van der Waals surface area contributed by atoms with E-state index in [9.17, 15) is 0 Å². The summed E-state index contributed by atoms with van der Waals surface area (Å²) in [5.74, 6) is 0.146. The molecule has 0 amide bonds. The number of hydrogen-bond acceptors (Lipinski definition) is 2. The van der Waals surface area contributed by atoms with Gasteiger partial charge in [0.25, 0.3) is 0 Å². The molecular weight excluding hydrogens is 222 g/mol. The summed E-state index contributed by atoms with van der Waals surface area (Å²) >= 11 is 0. The lowest BCUT2D eigenvalue weighted by atomic mass is 10.3. The highest BCUT2D eigenvalue weighted by molar-refractivity contribution is 5.50. The quantitative estimate of drug-likeness (QED) is 0.533. The van der Waals surface area contributed by atoms with Gasteiger partial charge in [0, 0.05) is 0 Å². The zero-order chi connectivity index (χ0) is 13.1. The Morgan fingerprint density at radius 2 is 1.22 bits per heavy atom. The van der Waals surface area contributed by atoms with E-state index in [0.717, 1.165) is 12.8 Å². The molecule has 3 rings (SSSR count). The molecule has 2 heteroatoms. The molecule has 0 aliphatic heterocycles. The van der Waals surface area contributed by atoms with Crippen LogP contribution in [0.5, 0.6) is 5.75 Å². The fraction of sp³-hybridized carbons (Fsp3) is 0.125. The van der Waals surface area contributed by atoms with Crippen LogP contribution in [0.2, 0.25) is 0 Å². The third-order valence-corrected chi connectivity index (χ3v) is 2.25. The summed E-state index contributed by atoms with van der Waals surface area (Å²) in [5.41, 5.74) is 5.69. The second-order valence-electron chi connectivity index (χ2n) is 3.74. The highest BCUT2D eigenvalue weighted by atomic mass is 16.3. The standard InChI is InChI=1S/C6H7NO.2C5H6/c7-5-3-1-2-4-6(5)8;2*1-2-4-5-3-1/h1-4,8H,7H2;2*1-4H,5H2. The van der Waals surface area contributed by atoms with Crippen molar-refractivity contribution in [1.82, 2.24) is 0 Å². The number of nitrogens with two attached hydrogens (primary N) is 1. The maximum absolute atomic E-state index is 8.79. The SMILES string of the molecule is C1=CCC=C1.C1=CCC=C1.Nc1ccccc1O. The van der Waals surface area contributed by atoms with Gasteiger partial charge in [-0.05, 0) is 25.0 Å². The summed E-state index contributed by atoms with van der Waals surface area (Å²) in [5, 5.41) is 8.79. The number of phenolic OH excluding ortho intramolecular Hbond substituents is 1. The smallest absolute Gasteiger partial charge is 0.138 e. The van der Waals surface area contributed by atoms with Crippen LogP contribution >= 0.6 is 0 Å². The molecule has 2 aliphatic carbocycles. The summed E-state index contributed by atoms with van der Waals surface area (Å²) in [7, 11) is 0. The third kappa shape index (κ3) is 6.38. The average molecular weight is 241 g/mol. The number of benzene rings is 1. The zero-order valence-electron chi connectivity index (χ0n) is 10.4. The van der Waals surface area contributed by atoms with Crippen molar-refractivity contribution in [2.75, 3.05) is 5.73 Å². The second kappa shape index (κ2) is 8.88. The number of allylic oxidation sites excluding steroid dienone is 8. The van der Waals surface area contributed by atoms with Crippen molar-refractivity contribution < 1.29 is 5.11 Å². The van der Waals surface area contributed by atoms with E-state index in [1.54, 1.807) is 24.3 Å². The molecule has 1 aromatic carbocycles. The van der Waals surface area contributed by atoms with Crippen LogP contribution in [0.25, 0.3) is 0 Å². The first-order chi connectivity index (χ1) is 8.80. The minimum atomic E-state index is 0.146. The minimum Gasteiger partial charge on any atom is -0.506 e. The van der Waals surface area contributed by atoms with Crippen molar-refractivity contribution in [2.24, 2.45) is 0 Å². The Morgan fingerprint density at radius 3 is 1.44 bits per heavy atom. The van der Waals surface area contributed by atoms with Gasteiger partial charge in [0.2, 0.25) is 0 Å². The number of aromatic hydroxyl groups is 1. The van der Waals surface area contributed by atoms with Crippen LogP contribution in [0.3, 0.4) is 0 Å². The summed E-state index contributed by atoms with van der Waals surface area (Å²) in [4.78, 5) is 0. The molecule has 2 nitrogen and oxygen atoms in total. The van der Waals surface area contributed by atoms with Gasteiger partial charge < -0.3 is 10.8 Å². The largest absolute Gasteiger partial charge is 0.506 e. The molecule has 0 saturated carbocycles. The second-order valence-corrected chi connectivity index (χ2v) is 3.74. The summed E-state index contributed by atoms with van der Waals surface area (Å²) in [6, 6.07) is 6.70. The van der Waals surface area contributed by atoms with E-state index in [1.165, 1.54) is 0 Å². The van der Waals surface area contributed by atoms with E-state index in [2.05, 4.69) is 48.6 Å². The highest BCUT2D eigenvalue weighted by Crippen LogP contribution is 2.16. The number of hydrogen-bond donors (Lipinski definition) is 2. The molecule has 0 saturated heterocycles. The van der Waals surface area contributed by atoms with Gasteiger partial charge in [0.15, 0.2) is 0 Å². The molecule has 0 atom stereocenters. The van der Waals surface area contributed by atoms with Crippen molar-refractivity contribution in [3.63, 3.8) is 0 Å². The number of nitrogen functional groups attached to an aromatic ring is 1. The lowest BCUT2D eigenvalue weighted by molar-refractivity contribution is 0.478. The van der Waals surface area contributed by atoms with Gasteiger partial charge in [-0.15, -0.1) is 0 Å². The minimum absolute atomic E-state index is 0.146.